The van der Waals surface area contributed by atoms with Gasteiger partial charge in [-0.05, 0) is 32.3 Å². The molecule has 1 aliphatic rings. The van der Waals surface area contributed by atoms with Crippen molar-refractivity contribution in [2.45, 2.75) is 38.8 Å². The number of rotatable bonds is 2. The lowest BCUT2D eigenvalue weighted by Crippen LogP contribution is -2.41. The van der Waals surface area contributed by atoms with Gasteiger partial charge in [-0.1, -0.05) is 29.8 Å². The molecule has 0 amide bonds. The van der Waals surface area contributed by atoms with Crippen LogP contribution in [0.5, 0.6) is 0 Å². The van der Waals surface area contributed by atoms with Crippen LogP contribution >= 0.6 is 0 Å². The second kappa shape index (κ2) is 4.56. The van der Waals surface area contributed by atoms with Gasteiger partial charge in [-0.25, -0.2) is 0 Å². The third kappa shape index (κ3) is 3.06. The van der Waals surface area contributed by atoms with Gasteiger partial charge in [0.15, 0.2) is 0 Å². The summed E-state index contributed by atoms with van der Waals surface area (Å²) >= 11 is 0. The predicted molar refractivity (Wildman–Crippen MR) is 66.3 cm³/mol. The number of nitrogens with zero attached hydrogens (tertiary/aromatic N) is 1. The second-order valence-electron chi connectivity index (χ2n) is 5.26. The highest BCUT2D eigenvalue weighted by Gasteiger charge is 2.26. The van der Waals surface area contributed by atoms with E-state index in [-0.39, 0.29) is 0 Å². The van der Waals surface area contributed by atoms with Gasteiger partial charge in [0.1, 0.15) is 0 Å². The first-order valence-corrected chi connectivity index (χ1v) is 6.05. The summed E-state index contributed by atoms with van der Waals surface area (Å²) in [6.45, 7) is 7.08. The first-order chi connectivity index (χ1) is 7.55. The maximum atomic E-state index is 9.88. The standard InChI is InChI=1S/C14H21NO/c1-12-4-3-5-13(10-12)11-15-8-6-14(2,16)7-9-15/h3-5,10,16H,6-9,11H2,1-2H3. The van der Waals surface area contributed by atoms with Gasteiger partial charge in [-0.15, -0.1) is 0 Å². The summed E-state index contributed by atoms with van der Waals surface area (Å²) in [6.07, 6.45) is 1.78. The van der Waals surface area contributed by atoms with Crippen LogP contribution in [-0.4, -0.2) is 28.7 Å². The van der Waals surface area contributed by atoms with Crippen LogP contribution in [0.4, 0.5) is 0 Å². The molecule has 0 unspecified atom stereocenters. The Kier molecular flexibility index (Phi) is 3.31. The fourth-order valence-electron chi connectivity index (χ4n) is 2.26. The fraction of sp³-hybridized carbons (Fsp3) is 0.571. The van der Waals surface area contributed by atoms with Crippen molar-refractivity contribution in [3.05, 3.63) is 35.4 Å². The smallest absolute Gasteiger partial charge is 0.0644 e. The van der Waals surface area contributed by atoms with Gasteiger partial charge >= 0.3 is 0 Å². The van der Waals surface area contributed by atoms with E-state index in [1.807, 2.05) is 6.92 Å². The van der Waals surface area contributed by atoms with Gasteiger partial charge in [-0.3, -0.25) is 4.90 Å². The molecule has 16 heavy (non-hydrogen) atoms. The molecule has 0 aromatic heterocycles. The van der Waals surface area contributed by atoms with E-state index in [0.717, 1.165) is 32.5 Å². The zero-order chi connectivity index (χ0) is 11.6. The number of piperidine rings is 1. The quantitative estimate of drug-likeness (QED) is 0.825. The van der Waals surface area contributed by atoms with Crippen LogP contribution in [0.25, 0.3) is 0 Å². The lowest BCUT2D eigenvalue weighted by molar-refractivity contribution is -0.00730. The summed E-state index contributed by atoms with van der Waals surface area (Å²) < 4.78 is 0. The van der Waals surface area contributed by atoms with Crippen LogP contribution in [0.15, 0.2) is 24.3 Å². The topological polar surface area (TPSA) is 23.5 Å². The minimum Gasteiger partial charge on any atom is -0.390 e. The lowest BCUT2D eigenvalue weighted by atomic mass is 9.93. The number of hydrogen-bond donors (Lipinski definition) is 1. The summed E-state index contributed by atoms with van der Waals surface area (Å²) in [5.41, 5.74) is 2.26. The summed E-state index contributed by atoms with van der Waals surface area (Å²) in [5.74, 6) is 0. The lowest BCUT2D eigenvalue weighted by Gasteiger charge is -2.35. The Morgan fingerprint density at radius 2 is 2.00 bits per heavy atom. The molecule has 1 saturated heterocycles. The Hall–Kier alpha value is -0.860. The molecule has 1 heterocycles. The van der Waals surface area contributed by atoms with Crippen molar-refractivity contribution in [1.82, 2.24) is 4.90 Å². The molecule has 1 aliphatic heterocycles. The minimum absolute atomic E-state index is 0.441. The van der Waals surface area contributed by atoms with Crippen LogP contribution in [0.2, 0.25) is 0 Å². The Bertz CT molecular complexity index is 350. The molecule has 2 nitrogen and oxygen atoms in total. The van der Waals surface area contributed by atoms with Crippen molar-refractivity contribution in [2.24, 2.45) is 0 Å². The first kappa shape index (κ1) is 11.6. The molecule has 0 saturated carbocycles. The zero-order valence-electron chi connectivity index (χ0n) is 10.2. The Morgan fingerprint density at radius 3 is 2.62 bits per heavy atom. The van der Waals surface area contributed by atoms with Crippen molar-refractivity contribution in [3.63, 3.8) is 0 Å². The van der Waals surface area contributed by atoms with Crippen LogP contribution in [0.1, 0.15) is 30.9 Å². The highest BCUT2D eigenvalue weighted by Crippen LogP contribution is 2.22. The van der Waals surface area contributed by atoms with Crippen molar-refractivity contribution in [1.29, 1.82) is 0 Å². The van der Waals surface area contributed by atoms with Gasteiger partial charge < -0.3 is 5.11 Å². The van der Waals surface area contributed by atoms with Crippen LogP contribution in [0.3, 0.4) is 0 Å². The van der Waals surface area contributed by atoms with Gasteiger partial charge in [0.05, 0.1) is 5.60 Å². The zero-order valence-corrected chi connectivity index (χ0v) is 10.2. The average Bonchev–Trinajstić information content (AvgIpc) is 2.21. The molecule has 0 radical (unpaired) electrons. The van der Waals surface area contributed by atoms with Gasteiger partial charge in [0.25, 0.3) is 0 Å². The van der Waals surface area contributed by atoms with E-state index in [1.54, 1.807) is 0 Å². The highest BCUT2D eigenvalue weighted by molar-refractivity contribution is 5.22. The Labute approximate surface area is 97.9 Å². The number of aryl methyl sites for hydroxylation is 1. The van der Waals surface area contributed by atoms with E-state index in [9.17, 15) is 5.11 Å². The molecule has 1 aromatic carbocycles. The maximum absolute atomic E-state index is 9.88. The molecule has 1 aromatic rings. The molecule has 0 atom stereocenters. The minimum atomic E-state index is -0.441. The summed E-state index contributed by atoms with van der Waals surface area (Å²) in [6, 6.07) is 8.67. The molecule has 0 aliphatic carbocycles. The molecule has 1 N–H and O–H groups in total. The Morgan fingerprint density at radius 1 is 1.31 bits per heavy atom. The largest absolute Gasteiger partial charge is 0.390 e. The van der Waals surface area contributed by atoms with E-state index in [2.05, 4.69) is 36.1 Å². The number of aliphatic hydroxyl groups is 1. The molecule has 0 spiro atoms. The van der Waals surface area contributed by atoms with E-state index < -0.39 is 5.60 Å². The molecule has 2 rings (SSSR count). The third-order valence-corrected chi connectivity index (χ3v) is 3.42. The summed E-state index contributed by atoms with van der Waals surface area (Å²) in [4.78, 5) is 2.42. The fourth-order valence-corrected chi connectivity index (χ4v) is 2.26. The SMILES string of the molecule is Cc1cccc(CN2CCC(C)(O)CC2)c1. The van der Waals surface area contributed by atoms with Crippen LogP contribution < -0.4 is 0 Å². The molecular formula is C14H21NO. The van der Waals surface area contributed by atoms with E-state index in [4.69, 9.17) is 0 Å². The summed E-state index contributed by atoms with van der Waals surface area (Å²) in [5, 5.41) is 9.88. The summed E-state index contributed by atoms with van der Waals surface area (Å²) in [7, 11) is 0. The number of hydrogen-bond acceptors (Lipinski definition) is 2. The van der Waals surface area contributed by atoms with Gasteiger partial charge in [0, 0.05) is 19.6 Å². The molecule has 1 fully saturated rings. The monoisotopic (exact) mass is 219 g/mol. The maximum Gasteiger partial charge on any atom is 0.0644 e. The van der Waals surface area contributed by atoms with E-state index >= 15 is 0 Å². The van der Waals surface area contributed by atoms with Crippen molar-refractivity contribution in [3.8, 4) is 0 Å². The van der Waals surface area contributed by atoms with Crippen LogP contribution in [0, 0.1) is 6.92 Å². The van der Waals surface area contributed by atoms with E-state index in [0.29, 0.717) is 0 Å². The van der Waals surface area contributed by atoms with Crippen molar-refractivity contribution >= 4 is 0 Å². The molecular weight excluding hydrogens is 198 g/mol. The normalized spacial score (nSPS) is 20.9. The number of benzene rings is 1. The molecule has 0 bridgehead atoms. The van der Waals surface area contributed by atoms with E-state index in [1.165, 1.54) is 11.1 Å². The third-order valence-electron chi connectivity index (χ3n) is 3.42. The van der Waals surface area contributed by atoms with Gasteiger partial charge in [0.2, 0.25) is 0 Å². The average molecular weight is 219 g/mol. The molecule has 2 heteroatoms. The second-order valence-corrected chi connectivity index (χ2v) is 5.26. The Balaban J connectivity index is 1.92. The van der Waals surface area contributed by atoms with Crippen molar-refractivity contribution in [2.75, 3.05) is 13.1 Å². The first-order valence-electron chi connectivity index (χ1n) is 6.05. The van der Waals surface area contributed by atoms with Crippen molar-refractivity contribution < 1.29 is 5.11 Å². The van der Waals surface area contributed by atoms with Crippen LogP contribution in [-0.2, 0) is 6.54 Å². The molecule has 88 valence electrons. The highest BCUT2D eigenvalue weighted by atomic mass is 16.3. The van der Waals surface area contributed by atoms with Gasteiger partial charge in [-0.2, -0.15) is 0 Å². The number of likely N-dealkylation sites (tertiary alicyclic amines) is 1. The predicted octanol–water partition coefficient (Wildman–Crippen LogP) is 2.34.